The summed E-state index contributed by atoms with van der Waals surface area (Å²) in [6.45, 7) is 13.8. The van der Waals surface area contributed by atoms with Crippen LogP contribution in [0.5, 0.6) is 0 Å². The number of hydrogen-bond acceptors (Lipinski definition) is 2. The molecule has 1 saturated heterocycles. The Bertz CT molecular complexity index is 497. The maximum absolute atomic E-state index is 10.3. The predicted octanol–water partition coefficient (Wildman–Crippen LogP) is 7.69. The van der Waals surface area contributed by atoms with Gasteiger partial charge >= 0.3 is 0 Å². The average molecular weight is 407 g/mol. The molecule has 0 bridgehead atoms. The SMILES string of the molecule is CCCC/C=C(\C)CCCC(C)CCCC1(C)CCC2CC(O)C(C)C(C)C2O1. The zero-order chi connectivity index (χ0) is 21.4. The summed E-state index contributed by atoms with van der Waals surface area (Å²) in [6.07, 6.45) is 17.7. The van der Waals surface area contributed by atoms with E-state index in [-0.39, 0.29) is 11.7 Å². The Kier molecular flexibility index (Phi) is 10.2. The van der Waals surface area contributed by atoms with Crippen LogP contribution < -0.4 is 0 Å². The lowest BCUT2D eigenvalue weighted by atomic mass is 9.67. The molecule has 2 heteroatoms. The van der Waals surface area contributed by atoms with E-state index in [1.807, 2.05) is 0 Å². The van der Waals surface area contributed by atoms with Gasteiger partial charge in [-0.2, -0.15) is 0 Å². The number of aliphatic hydroxyl groups excluding tert-OH is 1. The summed E-state index contributed by atoms with van der Waals surface area (Å²) in [5.41, 5.74) is 1.64. The van der Waals surface area contributed by atoms with Gasteiger partial charge in [0.05, 0.1) is 17.8 Å². The summed E-state index contributed by atoms with van der Waals surface area (Å²) in [4.78, 5) is 0. The molecule has 1 aliphatic carbocycles. The number of unbranched alkanes of at least 4 members (excludes halogenated alkanes) is 2. The zero-order valence-corrected chi connectivity index (χ0v) is 20.4. The average Bonchev–Trinajstić information content (AvgIpc) is 2.67. The Morgan fingerprint density at radius 2 is 1.90 bits per heavy atom. The molecule has 0 aromatic heterocycles. The molecule has 0 aromatic carbocycles. The van der Waals surface area contributed by atoms with E-state index in [1.54, 1.807) is 5.57 Å². The molecule has 7 atom stereocenters. The number of allylic oxidation sites excluding steroid dienone is 2. The molecule has 1 saturated carbocycles. The Labute approximate surface area is 181 Å². The van der Waals surface area contributed by atoms with Gasteiger partial charge in [-0.15, -0.1) is 0 Å². The van der Waals surface area contributed by atoms with E-state index in [9.17, 15) is 5.11 Å². The van der Waals surface area contributed by atoms with Crippen molar-refractivity contribution in [2.75, 3.05) is 0 Å². The Morgan fingerprint density at radius 3 is 2.62 bits per heavy atom. The van der Waals surface area contributed by atoms with Crippen molar-refractivity contribution in [2.24, 2.45) is 23.7 Å². The monoisotopic (exact) mass is 406 g/mol. The summed E-state index contributed by atoms with van der Waals surface area (Å²) in [5, 5.41) is 10.3. The minimum absolute atomic E-state index is 0.0514. The first-order valence-electron chi connectivity index (χ1n) is 12.8. The lowest BCUT2D eigenvalue weighted by Crippen LogP contribution is -2.52. The van der Waals surface area contributed by atoms with E-state index in [2.05, 4.69) is 47.6 Å². The van der Waals surface area contributed by atoms with E-state index < -0.39 is 0 Å². The maximum Gasteiger partial charge on any atom is 0.0658 e. The van der Waals surface area contributed by atoms with Crippen molar-refractivity contribution in [2.45, 2.75) is 136 Å². The van der Waals surface area contributed by atoms with Crippen molar-refractivity contribution in [3.8, 4) is 0 Å². The van der Waals surface area contributed by atoms with Crippen LogP contribution in [0.25, 0.3) is 0 Å². The van der Waals surface area contributed by atoms with Gasteiger partial charge < -0.3 is 9.84 Å². The molecule has 0 amide bonds. The van der Waals surface area contributed by atoms with Gasteiger partial charge in [0, 0.05) is 0 Å². The van der Waals surface area contributed by atoms with Gasteiger partial charge in [-0.1, -0.05) is 71.4 Å². The van der Waals surface area contributed by atoms with Crippen molar-refractivity contribution in [3.63, 3.8) is 0 Å². The van der Waals surface area contributed by atoms with Gasteiger partial charge in [0.1, 0.15) is 0 Å². The van der Waals surface area contributed by atoms with Crippen LogP contribution in [0.2, 0.25) is 0 Å². The van der Waals surface area contributed by atoms with Gasteiger partial charge in [-0.05, 0) is 82.5 Å². The fourth-order valence-electron chi connectivity index (χ4n) is 5.64. The molecule has 0 aromatic rings. The lowest BCUT2D eigenvalue weighted by Gasteiger charge is -2.51. The highest BCUT2D eigenvalue weighted by molar-refractivity contribution is 4.98. The van der Waals surface area contributed by atoms with Crippen LogP contribution in [0.1, 0.15) is 119 Å². The minimum Gasteiger partial charge on any atom is -0.393 e. The minimum atomic E-state index is -0.134. The zero-order valence-electron chi connectivity index (χ0n) is 20.4. The number of hydrogen-bond donors (Lipinski definition) is 1. The van der Waals surface area contributed by atoms with Crippen LogP contribution in [0.15, 0.2) is 11.6 Å². The molecule has 2 nitrogen and oxygen atoms in total. The summed E-state index contributed by atoms with van der Waals surface area (Å²) in [7, 11) is 0. The normalized spacial score (nSPS) is 36.7. The van der Waals surface area contributed by atoms with Crippen LogP contribution >= 0.6 is 0 Å². The second kappa shape index (κ2) is 11.9. The molecule has 2 fully saturated rings. The first kappa shape index (κ1) is 24.9. The van der Waals surface area contributed by atoms with Crippen molar-refractivity contribution >= 4 is 0 Å². The number of rotatable bonds is 11. The van der Waals surface area contributed by atoms with E-state index in [0.29, 0.717) is 23.9 Å². The van der Waals surface area contributed by atoms with Gasteiger partial charge in [0.2, 0.25) is 0 Å². The number of aliphatic hydroxyl groups is 1. The first-order valence-corrected chi connectivity index (χ1v) is 12.8. The van der Waals surface area contributed by atoms with Crippen LogP contribution in [-0.2, 0) is 4.74 Å². The summed E-state index contributed by atoms with van der Waals surface area (Å²) in [6, 6.07) is 0. The second-order valence-corrected chi connectivity index (χ2v) is 10.9. The molecular formula is C27H50O2. The Morgan fingerprint density at radius 1 is 1.17 bits per heavy atom. The molecule has 1 aliphatic heterocycles. The lowest BCUT2D eigenvalue weighted by molar-refractivity contribution is -0.200. The third-order valence-corrected chi connectivity index (χ3v) is 8.15. The van der Waals surface area contributed by atoms with Crippen molar-refractivity contribution in [3.05, 3.63) is 11.6 Å². The highest BCUT2D eigenvalue weighted by Gasteiger charge is 2.46. The Balaban J connectivity index is 1.67. The third-order valence-electron chi connectivity index (χ3n) is 8.15. The molecule has 2 aliphatic rings. The van der Waals surface area contributed by atoms with Crippen molar-refractivity contribution in [1.82, 2.24) is 0 Å². The fourth-order valence-corrected chi connectivity index (χ4v) is 5.64. The van der Waals surface area contributed by atoms with Gasteiger partial charge in [0.15, 0.2) is 0 Å². The molecule has 2 rings (SSSR count). The molecule has 0 spiro atoms. The van der Waals surface area contributed by atoms with E-state index in [4.69, 9.17) is 4.74 Å². The molecule has 7 unspecified atom stereocenters. The van der Waals surface area contributed by atoms with Crippen LogP contribution in [0.3, 0.4) is 0 Å². The molecular weight excluding hydrogens is 356 g/mol. The first-order chi connectivity index (χ1) is 13.8. The predicted molar refractivity (Wildman–Crippen MR) is 125 cm³/mol. The van der Waals surface area contributed by atoms with Crippen molar-refractivity contribution in [1.29, 1.82) is 0 Å². The van der Waals surface area contributed by atoms with Crippen LogP contribution in [0, 0.1) is 23.7 Å². The van der Waals surface area contributed by atoms with Crippen LogP contribution in [-0.4, -0.2) is 22.9 Å². The summed E-state index contributed by atoms with van der Waals surface area (Å²) in [5.74, 6) is 2.22. The largest absolute Gasteiger partial charge is 0.393 e. The second-order valence-electron chi connectivity index (χ2n) is 10.9. The molecule has 170 valence electrons. The van der Waals surface area contributed by atoms with Gasteiger partial charge in [-0.3, -0.25) is 0 Å². The third kappa shape index (κ3) is 7.69. The van der Waals surface area contributed by atoms with Crippen LogP contribution in [0.4, 0.5) is 0 Å². The fraction of sp³-hybridized carbons (Fsp3) is 0.926. The molecule has 29 heavy (non-hydrogen) atoms. The highest BCUT2D eigenvalue weighted by Crippen LogP contribution is 2.46. The number of fused-ring (bicyclic) bond motifs is 1. The van der Waals surface area contributed by atoms with E-state index in [1.165, 1.54) is 64.2 Å². The molecule has 1 N–H and O–H groups in total. The van der Waals surface area contributed by atoms with E-state index in [0.717, 1.165) is 18.8 Å². The summed E-state index contributed by atoms with van der Waals surface area (Å²) >= 11 is 0. The standard InChI is InChI=1S/C27H50O2/c1-7-8-9-12-20(2)13-10-14-21(3)15-11-17-27(6)18-16-24-19-25(28)22(4)23(5)26(24)29-27/h12,21-26,28H,7-11,13-19H2,1-6H3/b20-12+. The molecule has 0 radical (unpaired) electrons. The van der Waals surface area contributed by atoms with Gasteiger partial charge in [0.25, 0.3) is 0 Å². The maximum atomic E-state index is 10.3. The quantitative estimate of drug-likeness (QED) is 0.281. The topological polar surface area (TPSA) is 29.5 Å². The van der Waals surface area contributed by atoms with E-state index >= 15 is 0 Å². The number of ether oxygens (including phenoxy) is 1. The molecule has 1 heterocycles. The van der Waals surface area contributed by atoms with Gasteiger partial charge in [-0.25, -0.2) is 0 Å². The highest BCUT2D eigenvalue weighted by atomic mass is 16.5. The smallest absolute Gasteiger partial charge is 0.0658 e. The van der Waals surface area contributed by atoms with Crippen molar-refractivity contribution < 1.29 is 9.84 Å². The summed E-state index contributed by atoms with van der Waals surface area (Å²) < 4.78 is 6.73. The Hall–Kier alpha value is -0.340.